The Morgan fingerprint density at radius 3 is 2.44 bits per heavy atom. The Bertz CT molecular complexity index is 1320. The third-order valence-electron chi connectivity index (χ3n) is 7.01. The lowest BCUT2D eigenvalue weighted by atomic mass is 9.82. The van der Waals surface area contributed by atoms with E-state index >= 15 is 0 Å². The van der Waals surface area contributed by atoms with Crippen LogP contribution >= 0.6 is 0 Å². The molecule has 1 aromatic heterocycles. The van der Waals surface area contributed by atoms with Crippen LogP contribution in [0.4, 0.5) is 0 Å². The molecule has 0 spiro atoms. The largest absolute Gasteiger partial charge is 0.479 e. The number of sulfonamides is 1. The number of aryl methyl sites for hydroxylation is 1. The number of aromatic nitrogens is 2. The molecule has 190 valence electrons. The first-order valence-electron chi connectivity index (χ1n) is 12.0. The first-order chi connectivity index (χ1) is 17.3. The molecule has 0 aliphatic carbocycles. The summed E-state index contributed by atoms with van der Waals surface area (Å²) in [6, 6.07) is 18.5. The highest BCUT2D eigenvalue weighted by molar-refractivity contribution is 7.88. The molecule has 0 unspecified atom stereocenters. The molecule has 0 saturated carbocycles. The fraction of sp³-hybridized carbons (Fsp3) is 0.370. The molecular weight excluding hydrogens is 476 g/mol. The van der Waals surface area contributed by atoms with Crippen LogP contribution in [0.2, 0.25) is 0 Å². The first-order valence-corrected chi connectivity index (χ1v) is 13.8. The molecule has 36 heavy (non-hydrogen) atoms. The number of rotatable bonds is 8. The molecule has 9 heteroatoms. The number of methoxy groups -OCH3 is 1. The van der Waals surface area contributed by atoms with Crippen LogP contribution in [0.3, 0.4) is 0 Å². The first kappa shape index (κ1) is 25.8. The van der Waals surface area contributed by atoms with Crippen molar-refractivity contribution >= 4 is 15.7 Å². The van der Waals surface area contributed by atoms with Gasteiger partial charge in [0, 0.05) is 25.4 Å². The molecule has 0 bridgehead atoms. The van der Waals surface area contributed by atoms with E-state index < -0.39 is 10.0 Å². The van der Waals surface area contributed by atoms with E-state index in [0.717, 1.165) is 29.5 Å². The van der Waals surface area contributed by atoms with Crippen molar-refractivity contribution < 1.29 is 18.4 Å². The Morgan fingerprint density at radius 1 is 1.14 bits per heavy atom. The van der Waals surface area contributed by atoms with Crippen molar-refractivity contribution in [2.75, 3.05) is 26.5 Å². The summed E-state index contributed by atoms with van der Waals surface area (Å²) in [5.74, 6) is 0.580. The van der Waals surface area contributed by atoms with Gasteiger partial charge in [0.25, 0.3) is 0 Å². The Hall–Kier alpha value is -3.30. The minimum absolute atomic E-state index is 0.0592. The predicted molar refractivity (Wildman–Crippen MR) is 139 cm³/mol. The zero-order valence-corrected chi connectivity index (χ0v) is 21.6. The Kier molecular flexibility index (Phi) is 8.01. The average Bonchev–Trinajstić information content (AvgIpc) is 2.90. The highest BCUT2D eigenvalue weighted by Gasteiger charge is 2.27. The highest BCUT2D eigenvalue weighted by atomic mass is 32.2. The number of nitrogens with zero attached hydrogens (tertiary/aromatic N) is 4. The van der Waals surface area contributed by atoms with E-state index in [4.69, 9.17) is 4.74 Å². The Balaban J connectivity index is 1.62. The molecule has 1 saturated heterocycles. The lowest BCUT2D eigenvalue weighted by molar-refractivity contribution is 0.317. The van der Waals surface area contributed by atoms with Gasteiger partial charge >= 0.3 is 0 Å². The molecule has 1 atom stereocenters. The summed E-state index contributed by atoms with van der Waals surface area (Å²) in [5, 5.41) is 21.4. The average molecular weight is 509 g/mol. The van der Waals surface area contributed by atoms with E-state index in [1.807, 2.05) is 12.1 Å². The van der Waals surface area contributed by atoms with Crippen molar-refractivity contribution in [2.24, 2.45) is 5.16 Å². The van der Waals surface area contributed by atoms with E-state index in [1.54, 1.807) is 16.6 Å². The van der Waals surface area contributed by atoms with Gasteiger partial charge in [-0.25, -0.2) is 12.7 Å². The second kappa shape index (κ2) is 11.2. The third kappa shape index (κ3) is 5.74. The van der Waals surface area contributed by atoms with Gasteiger partial charge in [0.1, 0.15) is 0 Å². The zero-order valence-electron chi connectivity index (χ0n) is 20.8. The molecule has 4 rings (SSSR count). The minimum atomic E-state index is -3.14. The quantitative estimate of drug-likeness (QED) is 0.276. The summed E-state index contributed by atoms with van der Waals surface area (Å²) in [6.07, 6.45) is 4.88. The monoisotopic (exact) mass is 508 g/mol. The Morgan fingerprint density at radius 2 is 1.83 bits per heavy atom. The van der Waals surface area contributed by atoms with Gasteiger partial charge in [-0.3, -0.25) is 0 Å². The fourth-order valence-corrected chi connectivity index (χ4v) is 5.87. The van der Waals surface area contributed by atoms with Gasteiger partial charge in [-0.05, 0) is 54.0 Å². The normalized spacial score (nSPS) is 16.6. The van der Waals surface area contributed by atoms with E-state index in [1.165, 1.54) is 18.9 Å². The number of benzene rings is 2. The molecule has 0 radical (unpaired) electrons. The van der Waals surface area contributed by atoms with Crippen molar-refractivity contribution in [3.8, 4) is 5.88 Å². The van der Waals surface area contributed by atoms with Gasteiger partial charge in [0.2, 0.25) is 15.9 Å². The Labute approximate surface area is 212 Å². The molecule has 8 nitrogen and oxygen atoms in total. The lowest BCUT2D eigenvalue weighted by Gasteiger charge is -2.30. The van der Waals surface area contributed by atoms with Gasteiger partial charge in [-0.1, -0.05) is 53.7 Å². The summed E-state index contributed by atoms with van der Waals surface area (Å²) in [7, 11) is -1.63. The van der Waals surface area contributed by atoms with E-state index in [9.17, 15) is 13.6 Å². The summed E-state index contributed by atoms with van der Waals surface area (Å²) in [6.45, 7) is 3.18. The summed E-state index contributed by atoms with van der Waals surface area (Å²) in [4.78, 5) is 0. The smallest absolute Gasteiger partial charge is 0.242 e. The third-order valence-corrected chi connectivity index (χ3v) is 8.31. The van der Waals surface area contributed by atoms with Crippen molar-refractivity contribution in [1.29, 1.82) is 0 Å². The SMILES string of the molecule is COc1nnccc1/C(C[C@H](c1ccc(C2CCN(S(C)(=O)=O)CC2)cc1)c1ccccc1C)=N/O. The molecular formula is C27H32N4O4S. The number of piperidine rings is 1. The van der Waals surface area contributed by atoms with Crippen LogP contribution < -0.4 is 4.74 Å². The summed E-state index contributed by atoms with van der Waals surface area (Å²) >= 11 is 0. The molecule has 2 aromatic carbocycles. The molecule has 1 aliphatic heterocycles. The van der Waals surface area contributed by atoms with E-state index in [0.29, 0.717) is 42.6 Å². The van der Waals surface area contributed by atoms with Crippen molar-refractivity contribution in [3.63, 3.8) is 0 Å². The van der Waals surface area contributed by atoms with Crippen LogP contribution in [0.15, 0.2) is 65.9 Å². The molecule has 3 aromatic rings. The standard InChI is InChI=1S/C27H32N4O4S/c1-19-6-4-5-7-23(19)25(18-26(30-32)24-12-15-28-29-27(24)35-2)22-10-8-20(9-11-22)21-13-16-31(17-14-21)36(3,33)34/h4-12,15,21,25,32H,13-14,16-18H2,1-3H3/b30-26+/t25-/m1/s1. The summed E-state index contributed by atoms with van der Waals surface area (Å²) < 4.78 is 30.6. The van der Waals surface area contributed by atoms with Crippen LogP contribution in [-0.2, 0) is 10.0 Å². The van der Waals surface area contributed by atoms with E-state index in [2.05, 4.69) is 58.7 Å². The highest BCUT2D eigenvalue weighted by Crippen LogP contribution is 2.35. The maximum Gasteiger partial charge on any atom is 0.242 e. The van der Waals surface area contributed by atoms with Gasteiger partial charge in [0.15, 0.2) is 0 Å². The topological polar surface area (TPSA) is 105 Å². The van der Waals surface area contributed by atoms with Crippen LogP contribution in [0, 0.1) is 6.92 Å². The minimum Gasteiger partial charge on any atom is -0.479 e. The van der Waals surface area contributed by atoms with E-state index in [-0.39, 0.29) is 5.92 Å². The van der Waals surface area contributed by atoms with Crippen molar-refractivity contribution in [3.05, 3.63) is 88.6 Å². The maximum atomic E-state index is 11.9. The molecule has 0 amide bonds. The van der Waals surface area contributed by atoms with Gasteiger partial charge in [-0.15, -0.1) is 5.10 Å². The zero-order chi connectivity index (χ0) is 25.7. The lowest BCUT2D eigenvalue weighted by Crippen LogP contribution is -2.37. The van der Waals surface area contributed by atoms with Crippen LogP contribution in [0.5, 0.6) is 5.88 Å². The number of hydrogen-bond acceptors (Lipinski definition) is 7. The second-order valence-corrected chi connectivity index (χ2v) is 11.2. The van der Waals surface area contributed by atoms with Crippen LogP contribution in [0.1, 0.15) is 58.9 Å². The molecule has 2 heterocycles. The summed E-state index contributed by atoms with van der Waals surface area (Å²) in [5.41, 5.74) is 5.68. The predicted octanol–water partition coefficient (Wildman–Crippen LogP) is 4.33. The van der Waals surface area contributed by atoms with Crippen LogP contribution in [-0.4, -0.2) is 60.3 Å². The van der Waals surface area contributed by atoms with Crippen LogP contribution in [0.25, 0.3) is 0 Å². The number of ether oxygens (including phenoxy) is 1. The number of hydrogen-bond donors (Lipinski definition) is 1. The number of oxime groups is 1. The van der Waals surface area contributed by atoms with Gasteiger partial charge in [-0.2, -0.15) is 5.10 Å². The van der Waals surface area contributed by atoms with Gasteiger partial charge < -0.3 is 9.94 Å². The van der Waals surface area contributed by atoms with Crippen molar-refractivity contribution in [2.45, 2.75) is 38.0 Å². The molecule has 1 N–H and O–H groups in total. The fourth-order valence-electron chi connectivity index (χ4n) is 4.99. The molecule has 1 fully saturated rings. The van der Waals surface area contributed by atoms with Gasteiger partial charge in [0.05, 0.1) is 30.8 Å². The maximum absolute atomic E-state index is 11.9. The molecule has 1 aliphatic rings. The van der Waals surface area contributed by atoms with Crippen molar-refractivity contribution in [1.82, 2.24) is 14.5 Å². The second-order valence-electron chi connectivity index (χ2n) is 9.22.